The summed E-state index contributed by atoms with van der Waals surface area (Å²) in [7, 11) is 0. The number of aromatic hydroxyl groups is 1. The number of aldehydes is 1. The zero-order chi connectivity index (χ0) is 16.4. The molecule has 1 saturated heterocycles. The van der Waals surface area contributed by atoms with Crippen molar-refractivity contribution in [3.63, 3.8) is 0 Å². The number of amides is 2. The minimum atomic E-state index is -0.412. The normalized spacial score (nSPS) is 16.2. The number of phenols is 1. The Kier molecular flexibility index (Phi) is 3.99. The fraction of sp³-hybridized carbons (Fsp3) is 0. The molecule has 2 aromatic carbocycles. The molecule has 1 aliphatic rings. The predicted molar refractivity (Wildman–Crippen MR) is 88.4 cm³/mol. The predicted octanol–water partition coefficient (Wildman–Crippen LogP) is 3.45. The van der Waals surface area contributed by atoms with Crippen LogP contribution in [0.15, 0.2) is 53.4 Å². The van der Waals surface area contributed by atoms with Gasteiger partial charge in [0.15, 0.2) is 0 Å². The molecule has 1 N–H and O–H groups in total. The number of carbonyl (C=O) groups excluding carboxylic acids is 3. The number of hydrogen-bond donors (Lipinski definition) is 1. The van der Waals surface area contributed by atoms with E-state index < -0.39 is 11.1 Å². The van der Waals surface area contributed by atoms with E-state index >= 15 is 0 Å². The highest BCUT2D eigenvalue weighted by Crippen LogP contribution is 2.36. The number of carbonyl (C=O) groups is 3. The second-order valence-corrected chi connectivity index (χ2v) is 5.81. The van der Waals surface area contributed by atoms with Crippen LogP contribution in [-0.2, 0) is 4.79 Å². The maximum absolute atomic E-state index is 12.4. The first kappa shape index (κ1) is 15.1. The molecule has 2 aromatic rings. The largest absolute Gasteiger partial charge is 0.508 e. The van der Waals surface area contributed by atoms with Crippen molar-refractivity contribution in [2.75, 3.05) is 4.90 Å². The lowest BCUT2D eigenvalue weighted by Gasteiger charge is -2.12. The topological polar surface area (TPSA) is 74.7 Å². The van der Waals surface area contributed by atoms with E-state index in [0.717, 1.165) is 28.5 Å². The summed E-state index contributed by atoms with van der Waals surface area (Å²) in [5.41, 5.74) is 1.68. The fourth-order valence-electron chi connectivity index (χ4n) is 2.11. The zero-order valence-corrected chi connectivity index (χ0v) is 12.6. The third-order valence-corrected chi connectivity index (χ3v) is 4.14. The Hall–Kier alpha value is -2.86. The second kappa shape index (κ2) is 6.10. The van der Waals surface area contributed by atoms with Crippen molar-refractivity contribution in [3.05, 3.63) is 64.6 Å². The summed E-state index contributed by atoms with van der Waals surface area (Å²) in [6.45, 7) is 0. The highest BCUT2D eigenvalue weighted by Gasteiger charge is 2.36. The Morgan fingerprint density at radius 1 is 0.913 bits per heavy atom. The first-order valence-electron chi connectivity index (χ1n) is 6.71. The van der Waals surface area contributed by atoms with Gasteiger partial charge in [0.05, 0.1) is 10.6 Å². The lowest BCUT2D eigenvalue weighted by molar-refractivity contribution is -0.113. The SMILES string of the molecule is O=Cc1ccc(C=C2SC(=O)N(c3ccc(O)cc3)C2=O)cc1. The van der Waals surface area contributed by atoms with Gasteiger partial charge in [-0.1, -0.05) is 24.3 Å². The highest BCUT2D eigenvalue weighted by molar-refractivity contribution is 8.19. The van der Waals surface area contributed by atoms with Crippen LogP contribution in [-0.4, -0.2) is 22.5 Å². The molecule has 0 spiro atoms. The average Bonchev–Trinajstić information content (AvgIpc) is 2.83. The van der Waals surface area contributed by atoms with E-state index in [4.69, 9.17) is 0 Å². The van der Waals surface area contributed by atoms with Crippen LogP contribution in [0.25, 0.3) is 6.08 Å². The van der Waals surface area contributed by atoms with Crippen molar-refractivity contribution in [2.45, 2.75) is 0 Å². The first-order valence-corrected chi connectivity index (χ1v) is 7.52. The molecule has 0 unspecified atom stereocenters. The summed E-state index contributed by atoms with van der Waals surface area (Å²) in [5, 5.41) is 8.90. The molecular formula is C17H11NO4S. The van der Waals surface area contributed by atoms with Crippen LogP contribution in [0.4, 0.5) is 10.5 Å². The summed E-state index contributed by atoms with van der Waals surface area (Å²) < 4.78 is 0. The Labute approximate surface area is 136 Å². The maximum atomic E-state index is 12.4. The zero-order valence-electron chi connectivity index (χ0n) is 11.8. The van der Waals surface area contributed by atoms with Crippen molar-refractivity contribution < 1.29 is 19.5 Å². The Morgan fingerprint density at radius 3 is 2.13 bits per heavy atom. The number of rotatable bonds is 3. The third kappa shape index (κ3) is 3.02. The van der Waals surface area contributed by atoms with Gasteiger partial charge in [0, 0.05) is 5.56 Å². The minimum absolute atomic E-state index is 0.0616. The molecule has 0 atom stereocenters. The second-order valence-electron chi connectivity index (χ2n) is 4.82. The van der Waals surface area contributed by atoms with Crippen LogP contribution in [0.3, 0.4) is 0 Å². The molecular weight excluding hydrogens is 314 g/mol. The lowest BCUT2D eigenvalue weighted by Crippen LogP contribution is -2.27. The molecule has 114 valence electrons. The van der Waals surface area contributed by atoms with Crippen LogP contribution in [0, 0.1) is 0 Å². The van der Waals surface area contributed by atoms with Crippen LogP contribution in [0.1, 0.15) is 15.9 Å². The van der Waals surface area contributed by atoms with Gasteiger partial charge in [0.25, 0.3) is 11.1 Å². The Bertz CT molecular complexity index is 809. The maximum Gasteiger partial charge on any atom is 0.298 e. The number of phenolic OH excluding ortho intramolecular Hbond substituents is 1. The highest BCUT2D eigenvalue weighted by atomic mass is 32.2. The number of imide groups is 1. The standard InChI is InChI=1S/C17H11NO4S/c19-10-12-3-1-11(2-4-12)9-15-16(21)18(17(22)23-15)13-5-7-14(20)8-6-13/h1-10,20H. The molecule has 1 heterocycles. The van der Waals surface area contributed by atoms with E-state index in [-0.39, 0.29) is 5.75 Å². The monoisotopic (exact) mass is 325 g/mol. The Morgan fingerprint density at radius 2 is 1.52 bits per heavy atom. The molecule has 2 amide bonds. The molecule has 0 bridgehead atoms. The smallest absolute Gasteiger partial charge is 0.298 e. The summed E-state index contributed by atoms with van der Waals surface area (Å²) in [6, 6.07) is 12.5. The van der Waals surface area contributed by atoms with Crippen LogP contribution in [0.5, 0.6) is 5.75 Å². The van der Waals surface area contributed by atoms with Gasteiger partial charge < -0.3 is 5.11 Å². The summed E-state index contributed by atoms with van der Waals surface area (Å²) in [4.78, 5) is 36.5. The molecule has 1 aliphatic heterocycles. The number of benzene rings is 2. The van der Waals surface area contributed by atoms with Gasteiger partial charge in [-0.05, 0) is 47.7 Å². The van der Waals surface area contributed by atoms with E-state index in [2.05, 4.69) is 0 Å². The fourth-order valence-corrected chi connectivity index (χ4v) is 2.96. The molecule has 1 fully saturated rings. The third-order valence-electron chi connectivity index (χ3n) is 3.27. The molecule has 0 aromatic heterocycles. The van der Waals surface area contributed by atoms with Crippen molar-refractivity contribution >= 4 is 41.0 Å². The van der Waals surface area contributed by atoms with Gasteiger partial charge in [0.1, 0.15) is 12.0 Å². The van der Waals surface area contributed by atoms with Crippen molar-refractivity contribution in [1.29, 1.82) is 0 Å². The number of hydrogen-bond acceptors (Lipinski definition) is 5. The van der Waals surface area contributed by atoms with Gasteiger partial charge in [0.2, 0.25) is 0 Å². The minimum Gasteiger partial charge on any atom is -0.508 e. The quantitative estimate of drug-likeness (QED) is 0.691. The summed E-state index contributed by atoms with van der Waals surface area (Å²) in [5.74, 6) is -0.350. The molecule has 23 heavy (non-hydrogen) atoms. The van der Waals surface area contributed by atoms with E-state index in [1.54, 1.807) is 30.3 Å². The number of nitrogens with zero attached hydrogens (tertiary/aromatic N) is 1. The van der Waals surface area contributed by atoms with Gasteiger partial charge in [-0.15, -0.1) is 0 Å². The van der Waals surface area contributed by atoms with Crippen molar-refractivity contribution in [1.82, 2.24) is 0 Å². The summed E-state index contributed by atoms with van der Waals surface area (Å²) in [6.07, 6.45) is 2.35. The number of anilines is 1. The molecule has 0 saturated carbocycles. The molecule has 3 rings (SSSR count). The average molecular weight is 325 g/mol. The van der Waals surface area contributed by atoms with Crippen molar-refractivity contribution in [3.8, 4) is 5.75 Å². The lowest BCUT2D eigenvalue weighted by atomic mass is 10.1. The molecule has 0 radical (unpaired) electrons. The van der Waals surface area contributed by atoms with E-state index in [0.29, 0.717) is 16.2 Å². The summed E-state index contributed by atoms with van der Waals surface area (Å²) >= 11 is 0.852. The van der Waals surface area contributed by atoms with E-state index in [1.807, 2.05) is 0 Å². The number of thioether (sulfide) groups is 1. The van der Waals surface area contributed by atoms with Crippen LogP contribution < -0.4 is 4.90 Å². The van der Waals surface area contributed by atoms with Crippen molar-refractivity contribution in [2.24, 2.45) is 0 Å². The van der Waals surface area contributed by atoms with Crippen LogP contribution >= 0.6 is 11.8 Å². The van der Waals surface area contributed by atoms with Gasteiger partial charge in [-0.3, -0.25) is 14.4 Å². The molecule has 0 aliphatic carbocycles. The first-order chi connectivity index (χ1) is 11.1. The van der Waals surface area contributed by atoms with Crippen LogP contribution in [0.2, 0.25) is 0 Å². The Balaban J connectivity index is 1.89. The van der Waals surface area contributed by atoms with E-state index in [1.165, 1.54) is 24.3 Å². The van der Waals surface area contributed by atoms with Gasteiger partial charge in [-0.25, -0.2) is 4.90 Å². The molecule has 5 nitrogen and oxygen atoms in total. The van der Waals surface area contributed by atoms with Gasteiger partial charge >= 0.3 is 0 Å². The molecule has 6 heteroatoms. The van der Waals surface area contributed by atoms with Gasteiger partial charge in [-0.2, -0.15) is 0 Å². The van der Waals surface area contributed by atoms with E-state index in [9.17, 15) is 19.5 Å².